The fraction of sp³-hybridized carbons (Fsp3) is 0.611. The van der Waals surface area contributed by atoms with Gasteiger partial charge in [0.15, 0.2) is 5.82 Å². The summed E-state index contributed by atoms with van der Waals surface area (Å²) in [5, 5.41) is 16.4. The van der Waals surface area contributed by atoms with Crippen LogP contribution in [0.25, 0.3) is 5.69 Å². The summed E-state index contributed by atoms with van der Waals surface area (Å²) in [6.45, 7) is 6.51. The van der Waals surface area contributed by atoms with Gasteiger partial charge < -0.3 is 5.32 Å². The average Bonchev–Trinajstić information content (AvgIpc) is 3.07. The zero-order valence-corrected chi connectivity index (χ0v) is 14.4. The smallest absolute Gasteiger partial charge is 0.176 e. The van der Waals surface area contributed by atoms with Crippen LogP contribution in [0, 0.1) is 6.92 Å². The Hall–Kier alpha value is -1.75. The molecule has 124 valence electrons. The topological polar surface area (TPSA) is 55.6 Å². The van der Waals surface area contributed by atoms with Crippen molar-refractivity contribution >= 4 is 0 Å². The average molecular weight is 313 g/mol. The Balaban J connectivity index is 1.89. The van der Waals surface area contributed by atoms with Crippen LogP contribution >= 0.6 is 0 Å². The van der Waals surface area contributed by atoms with Gasteiger partial charge in [-0.15, -0.1) is 5.10 Å². The van der Waals surface area contributed by atoms with Crippen molar-refractivity contribution in [2.24, 2.45) is 0 Å². The lowest BCUT2D eigenvalue weighted by Crippen LogP contribution is -2.47. The lowest BCUT2D eigenvalue weighted by atomic mass is 9.90. The molecule has 0 radical (unpaired) electrons. The van der Waals surface area contributed by atoms with E-state index in [1.807, 2.05) is 4.68 Å². The molecule has 1 aromatic heterocycles. The van der Waals surface area contributed by atoms with Crippen LogP contribution < -0.4 is 5.32 Å². The van der Waals surface area contributed by atoms with Gasteiger partial charge in [-0.05, 0) is 55.7 Å². The number of rotatable bonds is 5. The van der Waals surface area contributed by atoms with Gasteiger partial charge in [-0.1, -0.05) is 43.9 Å². The molecule has 3 rings (SSSR count). The highest BCUT2D eigenvalue weighted by Crippen LogP contribution is 2.28. The molecule has 0 bridgehead atoms. The van der Waals surface area contributed by atoms with Crippen LogP contribution in [0.4, 0.5) is 0 Å². The number of tetrazole rings is 1. The molecule has 0 amide bonds. The van der Waals surface area contributed by atoms with E-state index in [0.29, 0.717) is 6.04 Å². The minimum Gasteiger partial charge on any atom is -0.302 e. The van der Waals surface area contributed by atoms with Crippen molar-refractivity contribution in [3.8, 4) is 5.69 Å². The van der Waals surface area contributed by atoms with Crippen molar-refractivity contribution in [1.29, 1.82) is 0 Å². The van der Waals surface area contributed by atoms with Crippen molar-refractivity contribution in [2.45, 2.75) is 70.9 Å². The molecule has 2 aromatic rings. The van der Waals surface area contributed by atoms with E-state index >= 15 is 0 Å². The van der Waals surface area contributed by atoms with E-state index in [0.717, 1.165) is 17.9 Å². The monoisotopic (exact) mass is 313 g/mol. The Kier molecular flexibility index (Phi) is 4.76. The van der Waals surface area contributed by atoms with Gasteiger partial charge in [0.05, 0.1) is 11.2 Å². The van der Waals surface area contributed by atoms with Crippen LogP contribution in [0.15, 0.2) is 24.3 Å². The molecule has 1 unspecified atom stereocenters. The zero-order chi connectivity index (χ0) is 16.3. The predicted octanol–water partition coefficient (Wildman–Crippen LogP) is 3.52. The summed E-state index contributed by atoms with van der Waals surface area (Å²) < 4.78 is 1.87. The Bertz CT molecular complexity index is 627. The molecule has 1 fully saturated rings. The molecule has 0 saturated heterocycles. The number of hydrogen-bond acceptors (Lipinski definition) is 4. The van der Waals surface area contributed by atoms with Crippen molar-refractivity contribution in [3.63, 3.8) is 0 Å². The van der Waals surface area contributed by atoms with Gasteiger partial charge in [-0.3, -0.25) is 0 Å². The zero-order valence-electron chi connectivity index (χ0n) is 14.4. The standard InChI is InChI=1S/C18H27N5/c1-4-18(3,19-15-8-6-5-7-9-15)17-20-21-22-23(17)16-12-10-14(2)11-13-16/h10-13,15,19H,4-9H2,1-3H3. The number of hydrogen-bond donors (Lipinski definition) is 1. The van der Waals surface area contributed by atoms with Gasteiger partial charge in [-0.25, -0.2) is 0 Å². The minimum atomic E-state index is -0.212. The maximum Gasteiger partial charge on any atom is 0.176 e. The van der Waals surface area contributed by atoms with Crippen LogP contribution in [-0.2, 0) is 5.54 Å². The molecule has 0 spiro atoms. The third-order valence-electron chi connectivity index (χ3n) is 5.08. The summed E-state index contributed by atoms with van der Waals surface area (Å²) in [6.07, 6.45) is 7.46. The Morgan fingerprint density at radius 3 is 2.52 bits per heavy atom. The molecule has 1 aromatic carbocycles. The summed E-state index contributed by atoms with van der Waals surface area (Å²) in [5.74, 6) is 0.898. The van der Waals surface area contributed by atoms with Gasteiger partial charge in [0.1, 0.15) is 0 Å². The van der Waals surface area contributed by atoms with Gasteiger partial charge in [0, 0.05) is 6.04 Å². The van der Waals surface area contributed by atoms with Gasteiger partial charge >= 0.3 is 0 Å². The van der Waals surface area contributed by atoms with Crippen LogP contribution in [0.3, 0.4) is 0 Å². The molecule has 1 atom stereocenters. The molecule has 1 heterocycles. The van der Waals surface area contributed by atoms with Crippen LogP contribution in [0.1, 0.15) is 63.8 Å². The fourth-order valence-corrected chi connectivity index (χ4v) is 3.41. The van der Waals surface area contributed by atoms with Crippen LogP contribution in [-0.4, -0.2) is 26.2 Å². The molecule has 1 saturated carbocycles. The molecule has 1 aliphatic rings. The predicted molar refractivity (Wildman–Crippen MR) is 91.5 cm³/mol. The molecular weight excluding hydrogens is 286 g/mol. The van der Waals surface area contributed by atoms with Crippen molar-refractivity contribution in [1.82, 2.24) is 25.5 Å². The highest BCUT2D eigenvalue weighted by Gasteiger charge is 2.33. The summed E-state index contributed by atoms with van der Waals surface area (Å²) in [5.41, 5.74) is 2.04. The lowest BCUT2D eigenvalue weighted by Gasteiger charge is -2.35. The maximum atomic E-state index is 4.36. The first-order chi connectivity index (χ1) is 11.1. The second kappa shape index (κ2) is 6.79. The van der Waals surface area contributed by atoms with Crippen molar-refractivity contribution in [2.75, 3.05) is 0 Å². The Morgan fingerprint density at radius 1 is 1.17 bits per heavy atom. The summed E-state index contributed by atoms with van der Waals surface area (Å²) in [4.78, 5) is 0. The normalized spacial score (nSPS) is 18.7. The van der Waals surface area contributed by atoms with E-state index in [-0.39, 0.29) is 5.54 Å². The van der Waals surface area contributed by atoms with Crippen LogP contribution in [0.2, 0.25) is 0 Å². The number of aromatic nitrogens is 4. The van der Waals surface area contributed by atoms with Crippen molar-refractivity contribution < 1.29 is 0 Å². The van der Waals surface area contributed by atoms with E-state index in [9.17, 15) is 0 Å². The first-order valence-corrected chi connectivity index (χ1v) is 8.76. The first-order valence-electron chi connectivity index (χ1n) is 8.76. The van der Waals surface area contributed by atoms with E-state index in [1.165, 1.54) is 37.7 Å². The van der Waals surface area contributed by atoms with E-state index in [1.54, 1.807) is 0 Å². The second-order valence-electron chi connectivity index (χ2n) is 6.91. The SMILES string of the molecule is CCC(C)(NC1CCCCC1)c1nnnn1-c1ccc(C)cc1. The molecule has 5 nitrogen and oxygen atoms in total. The summed E-state index contributed by atoms with van der Waals surface area (Å²) >= 11 is 0. The van der Waals surface area contributed by atoms with E-state index in [2.05, 4.69) is 65.9 Å². The second-order valence-corrected chi connectivity index (χ2v) is 6.91. The Labute approximate surface area is 138 Å². The minimum absolute atomic E-state index is 0.212. The summed E-state index contributed by atoms with van der Waals surface area (Å²) in [6, 6.07) is 8.91. The van der Waals surface area contributed by atoms with E-state index in [4.69, 9.17) is 0 Å². The highest BCUT2D eigenvalue weighted by molar-refractivity contribution is 5.34. The maximum absolute atomic E-state index is 4.36. The molecule has 5 heteroatoms. The van der Waals surface area contributed by atoms with Gasteiger partial charge in [-0.2, -0.15) is 4.68 Å². The fourth-order valence-electron chi connectivity index (χ4n) is 3.41. The van der Waals surface area contributed by atoms with Gasteiger partial charge in [0.25, 0.3) is 0 Å². The van der Waals surface area contributed by atoms with E-state index < -0.39 is 0 Å². The largest absolute Gasteiger partial charge is 0.302 e. The number of benzene rings is 1. The molecule has 1 aliphatic carbocycles. The molecular formula is C18H27N5. The quantitative estimate of drug-likeness (QED) is 0.917. The third-order valence-corrected chi connectivity index (χ3v) is 5.08. The Morgan fingerprint density at radius 2 is 1.87 bits per heavy atom. The highest BCUT2D eigenvalue weighted by atomic mass is 15.6. The molecule has 0 aliphatic heterocycles. The lowest BCUT2D eigenvalue weighted by molar-refractivity contribution is 0.245. The first kappa shape index (κ1) is 16.1. The van der Waals surface area contributed by atoms with Gasteiger partial charge in [0.2, 0.25) is 0 Å². The number of nitrogens with zero attached hydrogens (tertiary/aromatic N) is 4. The number of aryl methyl sites for hydroxylation is 1. The van der Waals surface area contributed by atoms with Crippen LogP contribution in [0.5, 0.6) is 0 Å². The third kappa shape index (κ3) is 3.44. The molecule has 23 heavy (non-hydrogen) atoms. The summed E-state index contributed by atoms with van der Waals surface area (Å²) in [7, 11) is 0. The van der Waals surface area contributed by atoms with Crippen molar-refractivity contribution in [3.05, 3.63) is 35.7 Å². The number of nitrogens with one attached hydrogen (secondary N) is 1. The molecule has 1 N–H and O–H groups in total.